The summed E-state index contributed by atoms with van der Waals surface area (Å²) in [4.78, 5) is 11.8. The van der Waals surface area contributed by atoms with Crippen LogP contribution in [-0.2, 0) is 4.74 Å². The van der Waals surface area contributed by atoms with Crippen molar-refractivity contribution in [2.75, 3.05) is 12.4 Å². The molecule has 0 aliphatic heterocycles. The zero-order valence-electron chi connectivity index (χ0n) is 13.2. The first-order valence-electron chi connectivity index (χ1n) is 7.47. The van der Waals surface area contributed by atoms with Crippen molar-refractivity contribution in [3.8, 4) is 0 Å². The van der Waals surface area contributed by atoms with Crippen molar-refractivity contribution in [1.82, 2.24) is 0 Å². The molecule has 2 atom stereocenters. The predicted octanol–water partition coefficient (Wildman–Crippen LogP) is 4.24. The molecule has 4 heteroatoms. The van der Waals surface area contributed by atoms with Gasteiger partial charge in [0.25, 0.3) is 0 Å². The van der Waals surface area contributed by atoms with Crippen LogP contribution in [0.4, 0.5) is 10.1 Å². The molecule has 0 aromatic heterocycles. The number of anilines is 1. The number of hydrogen-bond acceptors (Lipinski definition) is 3. The molecular formula is C17H24FNO2. The smallest absolute Gasteiger partial charge is 0.339 e. The summed E-state index contributed by atoms with van der Waals surface area (Å²) < 4.78 is 18.3. The van der Waals surface area contributed by atoms with E-state index in [0.29, 0.717) is 22.6 Å². The predicted molar refractivity (Wildman–Crippen MR) is 81.9 cm³/mol. The van der Waals surface area contributed by atoms with Crippen LogP contribution in [0.15, 0.2) is 18.2 Å². The van der Waals surface area contributed by atoms with Crippen molar-refractivity contribution in [1.29, 1.82) is 0 Å². The van der Waals surface area contributed by atoms with Gasteiger partial charge in [0, 0.05) is 6.04 Å². The number of ether oxygens (including phenoxy) is 1. The highest BCUT2D eigenvalue weighted by Crippen LogP contribution is 2.39. The first-order chi connectivity index (χ1) is 9.82. The summed E-state index contributed by atoms with van der Waals surface area (Å²) in [6.45, 7) is 6.76. The van der Waals surface area contributed by atoms with E-state index in [-0.39, 0.29) is 11.9 Å². The molecule has 2 unspecified atom stereocenters. The van der Waals surface area contributed by atoms with Gasteiger partial charge in [-0.25, -0.2) is 9.18 Å². The Morgan fingerprint density at radius 3 is 2.76 bits per heavy atom. The van der Waals surface area contributed by atoms with E-state index in [4.69, 9.17) is 4.74 Å². The molecule has 1 fully saturated rings. The molecule has 1 aliphatic rings. The van der Waals surface area contributed by atoms with E-state index in [1.165, 1.54) is 25.3 Å². The molecule has 1 aromatic rings. The van der Waals surface area contributed by atoms with Crippen molar-refractivity contribution in [3.05, 3.63) is 29.6 Å². The molecule has 2 rings (SSSR count). The second-order valence-corrected chi connectivity index (χ2v) is 6.82. The summed E-state index contributed by atoms with van der Waals surface area (Å²) in [5.41, 5.74) is 1.26. The molecule has 0 spiro atoms. The summed E-state index contributed by atoms with van der Waals surface area (Å²) in [5.74, 6) is -0.322. The van der Waals surface area contributed by atoms with Gasteiger partial charge >= 0.3 is 5.97 Å². The van der Waals surface area contributed by atoms with Gasteiger partial charge in [0.15, 0.2) is 0 Å². The molecule has 3 nitrogen and oxygen atoms in total. The molecule has 0 saturated heterocycles. The average molecular weight is 293 g/mol. The lowest BCUT2D eigenvalue weighted by Gasteiger charge is -2.40. The van der Waals surface area contributed by atoms with Crippen LogP contribution in [0.3, 0.4) is 0 Å². The average Bonchev–Trinajstić information content (AvgIpc) is 2.41. The Balaban J connectivity index is 2.19. The Labute approximate surface area is 125 Å². The summed E-state index contributed by atoms with van der Waals surface area (Å²) >= 11 is 0. The second-order valence-electron chi connectivity index (χ2n) is 6.82. The molecule has 0 heterocycles. The fourth-order valence-corrected chi connectivity index (χ4v) is 3.28. The van der Waals surface area contributed by atoms with Crippen LogP contribution in [0.5, 0.6) is 0 Å². The Hall–Kier alpha value is -1.58. The van der Waals surface area contributed by atoms with Gasteiger partial charge in [-0.05, 0) is 48.8 Å². The van der Waals surface area contributed by atoms with Gasteiger partial charge in [-0.2, -0.15) is 0 Å². The molecule has 1 saturated carbocycles. The summed E-state index contributed by atoms with van der Waals surface area (Å²) in [5, 5.41) is 3.35. The van der Waals surface area contributed by atoms with Crippen LogP contribution in [-0.4, -0.2) is 19.1 Å². The van der Waals surface area contributed by atoms with E-state index in [2.05, 4.69) is 26.1 Å². The Bertz CT molecular complexity index is 528. The molecule has 21 heavy (non-hydrogen) atoms. The van der Waals surface area contributed by atoms with Crippen molar-refractivity contribution in [3.63, 3.8) is 0 Å². The van der Waals surface area contributed by atoms with Crippen LogP contribution < -0.4 is 5.32 Å². The van der Waals surface area contributed by atoms with E-state index in [9.17, 15) is 9.18 Å². The maximum Gasteiger partial charge on any atom is 0.339 e. The monoisotopic (exact) mass is 293 g/mol. The quantitative estimate of drug-likeness (QED) is 0.847. The molecule has 116 valence electrons. The van der Waals surface area contributed by atoms with Crippen molar-refractivity contribution in [2.24, 2.45) is 11.3 Å². The lowest BCUT2D eigenvalue weighted by atomic mass is 9.70. The molecule has 1 aromatic carbocycles. The van der Waals surface area contributed by atoms with Crippen LogP contribution in [0, 0.1) is 17.2 Å². The van der Waals surface area contributed by atoms with Gasteiger partial charge < -0.3 is 10.1 Å². The minimum atomic E-state index is -0.443. The maximum absolute atomic E-state index is 13.5. The lowest BCUT2D eigenvalue weighted by Crippen LogP contribution is -2.37. The first kappa shape index (κ1) is 15.8. The van der Waals surface area contributed by atoms with Gasteiger partial charge in [-0.1, -0.05) is 20.8 Å². The van der Waals surface area contributed by atoms with E-state index in [1.54, 1.807) is 0 Å². The molecule has 1 aliphatic carbocycles. The number of carbonyl (C=O) groups excluding carboxylic acids is 1. The number of benzene rings is 1. The number of carbonyl (C=O) groups is 1. The standard InChI is InChI=1S/C17H24FNO2/c1-11-10-17(2,3)8-7-14(11)19-15-9-12(18)5-6-13(15)16(20)21-4/h5-6,9,11,14,19H,7-8,10H2,1-4H3. The summed E-state index contributed by atoms with van der Waals surface area (Å²) in [7, 11) is 1.33. The van der Waals surface area contributed by atoms with Gasteiger partial charge in [0.2, 0.25) is 0 Å². The molecule has 0 bridgehead atoms. The summed E-state index contributed by atoms with van der Waals surface area (Å²) in [6, 6.07) is 4.38. The highest BCUT2D eigenvalue weighted by atomic mass is 19.1. The second kappa shape index (κ2) is 6.04. The zero-order chi connectivity index (χ0) is 15.6. The topological polar surface area (TPSA) is 38.3 Å². The molecule has 0 amide bonds. The van der Waals surface area contributed by atoms with Gasteiger partial charge in [-0.3, -0.25) is 0 Å². The van der Waals surface area contributed by atoms with Crippen LogP contribution in [0.1, 0.15) is 50.4 Å². The zero-order valence-corrected chi connectivity index (χ0v) is 13.2. The SMILES string of the molecule is COC(=O)c1ccc(F)cc1NC1CCC(C)(C)CC1C. The van der Waals surface area contributed by atoms with Gasteiger partial charge in [0.1, 0.15) is 5.82 Å². The van der Waals surface area contributed by atoms with Crippen molar-refractivity contribution in [2.45, 2.75) is 46.1 Å². The Morgan fingerprint density at radius 2 is 2.14 bits per heavy atom. The normalized spacial score (nSPS) is 24.4. The number of methoxy groups -OCH3 is 1. The maximum atomic E-state index is 13.5. The van der Waals surface area contributed by atoms with Crippen LogP contribution >= 0.6 is 0 Å². The van der Waals surface area contributed by atoms with E-state index >= 15 is 0 Å². The minimum Gasteiger partial charge on any atom is -0.465 e. The molecule has 0 radical (unpaired) electrons. The third-order valence-electron chi connectivity index (χ3n) is 4.42. The number of rotatable bonds is 3. The number of nitrogens with one attached hydrogen (secondary N) is 1. The van der Waals surface area contributed by atoms with Crippen LogP contribution in [0.25, 0.3) is 0 Å². The van der Waals surface area contributed by atoms with Crippen molar-refractivity contribution >= 4 is 11.7 Å². The molecular weight excluding hydrogens is 269 g/mol. The number of esters is 1. The molecule has 1 N–H and O–H groups in total. The third kappa shape index (κ3) is 3.74. The van der Waals surface area contributed by atoms with E-state index in [0.717, 1.165) is 19.3 Å². The highest BCUT2D eigenvalue weighted by Gasteiger charge is 2.32. The third-order valence-corrected chi connectivity index (χ3v) is 4.42. The van der Waals surface area contributed by atoms with E-state index < -0.39 is 5.97 Å². The fraction of sp³-hybridized carbons (Fsp3) is 0.588. The Morgan fingerprint density at radius 1 is 1.43 bits per heavy atom. The first-order valence-corrected chi connectivity index (χ1v) is 7.47. The largest absolute Gasteiger partial charge is 0.465 e. The Kier molecular flexibility index (Phi) is 4.55. The van der Waals surface area contributed by atoms with Gasteiger partial charge in [-0.15, -0.1) is 0 Å². The van der Waals surface area contributed by atoms with Gasteiger partial charge in [0.05, 0.1) is 18.4 Å². The van der Waals surface area contributed by atoms with Crippen molar-refractivity contribution < 1.29 is 13.9 Å². The highest BCUT2D eigenvalue weighted by molar-refractivity contribution is 5.95. The lowest BCUT2D eigenvalue weighted by molar-refractivity contribution is 0.0601. The summed E-state index contributed by atoms with van der Waals surface area (Å²) in [6.07, 6.45) is 3.26. The fourth-order valence-electron chi connectivity index (χ4n) is 3.28. The number of halogens is 1. The minimum absolute atomic E-state index is 0.253. The number of hydrogen-bond donors (Lipinski definition) is 1. The van der Waals surface area contributed by atoms with Crippen LogP contribution in [0.2, 0.25) is 0 Å². The van der Waals surface area contributed by atoms with E-state index in [1.807, 2.05) is 0 Å².